The molecule has 0 bridgehead atoms. The van der Waals surface area contributed by atoms with E-state index in [9.17, 15) is 5.26 Å². The first-order chi connectivity index (χ1) is 8.67. The van der Waals surface area contributed by atoms with E-state index in [0.717, 1.165) is 22.8 Å². The first-order valence-corrected chi connectivity index (χ1v) is 7.55. The quantitative estimate of drug-likeness (QED) is 0.597. The monoisotopic (exact) mass is 262 g/mol. The van der Waals surface area contributed by atoms with Gasteiger partial charge >= 0.3 is 0 Å². The van der Waals surface area contributed by atoms with E-state index in [1.165, 1.54) is 18.4 Å². The van der Waals surface area contributed by atoms with E-state index in [4.69, 9.17) is 0 Å². The maximum Gasteiger partial charge on any atom is 0.100 e. The van der Waals surface area contributed by atoms with Crippen LogP contribution in [0.3, 0.4) is 0 Å². The van der Waals surface area contributed by atoms with Gasteiger partial charge in [0.15, 0.2) is 0 Å². The summed E-state index contributed by atoms with van der Waals surface area (Å²) in [4.78, 5) is 1.11. The van der Waals surface area contributed by atoms with E-state index in [1.54, 1.807) is 11.8 Å². The van der Waals surface area contributed by atoms with Crippen molar-refractivity contribution in [1.29, 1.82) is 5.26 Å². The van der Waals surface area contributed by atoms with Crippen molar-refractivity contribution in [2.24, 2.45) is 0 Å². The lowest BCUT2D eigenvalue weighted by Crippen LogP contribution is -2.21. The topological polar surface area (TPSA) is 35.8 Å². The molecule has 1 N–H and O–H groups in total. The third kappa shape index (κ3) is 5.12. The second kappa shape index (κ2) is 8.18. The van der Waals surface area contributed by atoms with E-state index in [2.05, 4.69) is 44.3 Å². The molecule has 0 saturated carbocycles. The summed E-state index contributed by atoms with van der Waals surface area (Å²) < 4.78 is 0. The lowest BCUT2D eigenvalue weighted by molar-refractivity contribution is 0.588. The van der Waals surface area contributed by atoms with Gasteiger partial charge in [0.2, 0.25) is 0 Å². The minimum Gasteiger partial charge on any atom is -0.310 e. The van der Waals surface area contributed by atoms with E-state index < -0.39 is 0 Å². The number of benzene rings is 1. The summed E-state index contributed by atoms with van der Waals surface area (Å²) in [6.07, 6.45) is 2.40. The van der Waals surface area contributed by atoms with Crippen LogP contribution >= 0.6 is 11.8 Å². The van der Waals surface area contributed by atoms with Crippen molar-refractivity contribution in [3.63, 3.8) is 0 Å². The van der Waals surface area contributed by atoms with Gasteiger partial charge in [-0.25, -0.2) is 0 Å². The summed E-state index contributed by atoms with van der Waals surface area (Å²) in [6, 6.07) is 8.97. The number of rotatable bonds is 7. The Labute approximate surface area is 115 Å². The molecule has 0 radical (unpaired) electrons. The van der Waals surface area contributed by atoms with Crippen LogP contribution in [0.25, 0.3) is 0 Å². The Morgan fingerprint density at radius 1 is 1.39 bits per heavy atom. The molecule has 3 heteroatoms. The Morgan fingerprint density at radius 2 is 2.17 bits per heavy atom. The summed E-state index contributed by atoms with van der Waals surface area (Å²) in [5.74, 6) is 1.09. The molecule has 0 aliphatic rings. The van der Waals surface area contributed by atoms with Crippen LogP contribution < -0.4 is 5.32 Å². The number of nitriles is 1. The Hall–Kier alpha value is -0.980. The molecule has 0 amide bonds. The molecule has 1 aromatic rings. The molecule has 18 heavy (non-hydrogen) atoms. The standard InChI is InChI=1S/C15H22N2S/c1-4-5-8-18-15-7-6-13(9-14(15)10-16)11-17-12(2)3/h6-7,9,12,17H,4-5,8,11H2,1-3H3. The smallest absolute Gasteiger partial charge is 0.100 e. The molecule has 0 aromatic heterocycles. The van der Waals surface area contributed by atoms with Gasteiger partial charge in [-0.05, 0) is 29.9 Å². The third-order valence-corrected chi connectivity index (χ3v) is 3.79. The maximum atomic E-state index is 9.19. The summed E-state index contributed by atoms with van der Waals surface area (Å²) in [7, 11) is 0. The summed E-state index contributed by atoms with van der Waals surface area (Å²) >= 11 is 1.79. The molecule has 0 heterocycles. The molecule has 0 saturated heterocycles. The zero-order valence-electron chi connectivity index (χ0n) is 11.5. The summed E-state index contributed by atoms with van der Waals surface area (Å²) in [6.45, 7) is 7.26. The van der Waals surface area contributed by atoms with Gasteiger partial charge in [-0.1, -0.05) is 33.3 Å². The predicted octanol–water partition coefficient (Wildman–Crippen LogP) is 3.95. The van der Waals surface area contributed by atoms with Gasteiger partial charge in [0.1, 0.15) is 6.07 Å². The first-order valence-electron chi connectivity index (χ1n) is 6.56. The van der Waals surface area contributed by atoms with Crippen molar-refractivity contribution in [3.8, 4) is 6.07 Å². The van der Waals surface area contributed by atoms with Gasteiger partial charge in [0.25, 0.3) is 0 Å². The normalized spacial score (nSPS) is 10.6. The third-order valence-electron chi connectivity index (χ3n) is 2.63. The van der Waals surface area contributed by atoms with Crippen molar-refractivity contribution in [3.05, 3.63) is 29.3 Å². The Bertz CT molecular complexity index is 407. The van der Waals surface area contributed by atoms with Crippen molar-refractivity contribution in [2.45, 2.75) is 51.1 Å². The minimum absolute atomic E-state index is 0.467. The molecular weight excluding hydrogens is 240 g/mol. The SMILES string of the molecule is CCCCSc1ccc(CNC(C)C)cc1C#N. The van der Waals surface area contributed by atoms with Gasteiger partial charge in [-0.3, -0.25) is 0 Å². The molecule has 98 valence electrons. The zero-order chi connectivity index (χ0) is 13.4. The predicted molar refractivity (Wildman–Crippen MR) is 78.8 cm³/mol. The number of nitrogens with one attached hydrogen (secondary N) is 1. The largest absolute Gasteiger partial charge is 0.310 e. The minimum atomic E-state index is 0.467. The molecule has 0 unspecified atom stereocenters. The van der Waals surface area contributed by atoms with Crippen LogP contribution in [0.15, 0.2) is 23.1 Å². The van der Waals surface area contributed by atoms with Gasteiger partial charge in [0, 0.05) is 17.5 Å². The molecule has 1 aromatic carbocycles. The van der Waals surface area contributed by atoms with E-state index >= 15 is 0 Å². The maximum absolute atomic E-state index is 9.19. The molecular formula is C15H22N2S. The lowest BCUT2D eigenvalue weighted by atomic mass is 10.1. The van der Waals surface area contributed by atoms with Crippen LogP contribution in [0.4, 0.5) is 0 Å². The molecule has 2 nitrogen and oxygen atoms in total. The highest BCUT2D eigenvalue weighted by atomic mass is 32.2. The Kier molecular flexibility index (Phi) is 6.85. The second-order valence-electron chi connectivity index (χ2n) is 4.68. The van der Waals surface area contributed by atoms with Gasteiger partial charge in [-0.15, -0.1) is 11.8 Å². The summed E-state index contributed by atoms with van der Waals surface area (Å²) in [5, 5.41) is 12.6. The van der Waals surface area contributed by atoms with Gasteiger partial charge < -0.3 is 5.32 Å². The molecule has 0 fully saturated rings. The van der Waals surface area contributed by atoms with E-state index in [1.807, 2.05) is 6.07 Å². The van der Waals surface area contributed by atoms with E-state index in [-0.39, 0.29) is 0 Å². The van der Waals surface area contributed by atoms with Crippen LogP contribution in [0.1, 0.15) is 44.7 Å². The lowest BCUT2D eigenvalue weighted by Gasteiger charge is -2.10. The Balaban J connectivity index is 2.68. The first kappa shape index (κ1) is 15.1. The zero-order valence-corrected chi connectivity index (χ0v) is 12.3. The fraction of sp³-hybridized carbons (Fsp3) is 0.533. The highest BCUT2D eigenvalue weighted by molar-refractivity contribution is 7.99. The number of unbranched alkanes of at least 4 members (excludes halogenated alkanes) is 1. The summed E-state index contributed by atoms with van der Waals surface area (Å²) in [5.41, 5.74) is 1.99. The fourth-order valence-corrected chi connectivity index (χ4v) is 2.63. The number of thioether (sulfide) groups is 1. The van der Waals surface area contributed by atoms with E-state index in [0.29, 0.717) is 6.04 Å². The molecule has 1 rings (SSSR count). The van der Waals surface area contributed by atoms with Crippen LogP contribution in [0.5, 0.6) is 0 Å². The van der Waals surface area contributed by atoms with Crippen LogP contribution in [0, 0.1) is 11.3 Å². The van der Waals surface area contributed by atoms with Crippen molar-refractivity contribution in [2.75, 3.05) is 5.75 Å². The van der Waals surface area contributed by atoms with Crippen molar-refractivity contribution < 1.29 is 0 Å². The average molecular weight is 262 g/mol. The average Bonchev–Trinajstić information content (AvgIpc) is 2.37. The Morgan fingerprint density at radius 3 is 2.78 bits per heavy atom. The van der Waals surface area contributed by atoms with Gasteiger partial charge in [-0.2, -0.15) is 5.26 Å². The van der Waals surface area contributed by atoms with Crippen LogP contribution in [-0.2, 0) is 6.54 Å². The molecule has 0 spiro atoms. The van der Waals surface area contributed by atoms with Crippen molar-refractivity contribution >= 4 is 11.8 Å². The highest BCUT2D eigenvalue weighted by Gasteiger charge is 2.04. The highest BCUT2D eigenvalue weighted by Crippen LogP contribution is 2.24. The van der Waals surface area contributed by atoms with Crippen molar-refractivity contribution in [1.82, 2.24) is 5.32 Å². The van der Waals surface area contributed by atoms with Crippen LogP contribution in [0.2, 0.25) is 0 Å². The molecule has 0 atom stereocenters. The number of nitrogens with zero attached hydrogens (tertiary/aromatic N) is 1. The fourth-order valence-electron chi connectivity index (χ4n) is 1.55. The number of hydrogen-bond donors (Lipinski definition) is 1. The second-order valence-corrected chi connectivity index (χ2v) is 5.82. The molecule has 0 aliphatic heterocycles. The van der Waals surface area contributed by atoms with Gasteiger partial charge in [0.05, 0.1) is 5.56 Å². The number of hydrogen-bond acceptors (Lipinski definition) is 3. The van der Waals surface area contributed by atoms with Crippen LogP contribution in [-0.4, -0.2) is 11.8 Å². The molecule has 0 aliphatic carbocycles.